The first-order valence-electron chi connectivity index (χ1n) is 15.8. The van der Waals surface area contributed by atoms with Crippen molar-refractivity contribution in [2.45, 2.75) is 0 Å². The molecule has 0 aliphatic heterocycles. The maximum atomic E-state index is 6.15. The van der Waals surface area contributed by atoms with E-state index in [-0.39, 0.29) is 0 Å². The quantitative estimate of drug-likeness (QED) is 0.197. The monoisotopic (exact) mass is 600 g/mol. The number of furan rings is 1. The van der Waals surface area contributed by atoms with Crippen molar-refractivity contribution in [1.29, 1.82) is 0 Å². The van der Waals surface area contributed by atoms with Gasteiger partial charge in [0.25, 0.3) is 0 Å². The van der Waals surface area contributed by atoms with Gasteiger partial charge in [-0.3, -0.25) is 0 Å². The third-order valence-corrected chi connectivity index (χ3v) is 8.87. The molecule has 220 valence electrons. The van der Waals surface area contributed by atoms with E-state index in [4.69, 9.17) is 14.4 Å². The van der Waals surface area contributed by atoms with E-state index in [1.807, 2.05) is 30.3 Å². The van der Waals surface area contributed by atoms with Gasteiger partial charge in [0.1, 0.15) is 11.2 Å². The zero-order chi connectivity index (χ0) is 31.2. The summed E-state index contributed by atoms with van der Waals surface area (Å²) in [7, 11) is 0. The summed E-state index contributed by atoms with van der Waals surface area (Å²) in [5.41, 5.74) is 11.1. The van der Waals surface area contributed by atoms with Crippen LogP contribution in [0.25, 0.3) is 88.9 Å². The lowest BCUT2D eigenvalue weighted by molar-refractivity contribution is 0.669. The maximum absolute atomic E-state index is 6.15. The second kappa shape index (κ2) is 11.2. The largest absolute Gasteiger partial charge is 0.456 e. The highest BCUT2D eigenvalue weighted by Gasteiger charge is 2.16. The summed E-state index contributed by atoms with van der Waals surface area (Å²) in [6.45, 7) is 0. The summed E-state index contributed by atoms with van der Waals surface area (Å²) >= 11 is 0. The molecule has 3 nitrogen and oxygen atoms in total. The van der Waals surface area contributed by atoms with E-state index in [0.717, 1.165) is 77.7 Å². The molecular formula is C44H28N2O. The Hall–Kier alpha value is -6.32. The Morgan fingerprint density at radius 1 is 0.340 bits per heavy atom. The molecule has 0 bridgehead atoms. The van der Waals surface area contributed by atoms with E-state index < -0.39 is 0 Å². The van der Waals surface area contributed by atoms with Crippen LogP contribution in [-0.2, 0) is 0 Å². The summed E-state index contributed by atoms with van der Waals surface area (Å²) in [5.74, 6) is 0.698. The molecule has 2 aromatic heterocycles. The highest BCUT2D eigenvalue weighted by atomic mass is 16.3. The van der Waals surface area contributed by atoms with Gasteiger partial charge in [0.2, 0.25) is 0 Å². The Bertz CT molecular complexity index is 2560. The Kier molecular flexibility index (Phi) is 6.46. The van der Waals surface area contributed by atoms with Crippen molar-refractivity contribution < 1.29 is 4.42 Å². The summed E-state index contributed by atoms with van der Waals surface area (Å²) < 4.78 is 6.15. The molecule has 0 atom stereocenters. The molecule has 0 aliphatic rings. The van der Waals surface area contributed by atoms with Gasteiger partial charge in [-0.2, -0.15) is 0 Å². The van der Waals surface area contributed by atoms with Crippen molar-refractivity contribution in [1.82, 2.24) is 9.97 Å². The van der Waals surface area contributed by atoms with Crippen molar-refractivity contribution in [2.24, 2.45) is 0 Å². The van der Waals surface area contributed by atoms with Crippen molar-refractivity contribution in [3.63, 3.8) is 0 Å². The number of hydrogen-bond acceptors (Lipinski definition) is 3. The molecule has 3 heteroatoms. The smallest absolute Gasteiger partial charge is 0.160 e. The van der Waals surface area contributed by atoms with Gasteiger partial charge in [-0.05, 0) is 75.5 Å². The van der Waals surface area contributed by atoms with Gasteiger partial charge in [-0.15, -0.1) is 0 Å². The third kappa shape index (κ3) is 4.95. The minimum Gasteiger partial charge on any atom is -0.456 e. The molecule has 0 radical (unpaired) electrons. The lowest BCUT2D eigenvalue weighted by Crippen LogP contribution is -1.97. The molecule has 7 aromatic carbocycles. The van der Waals surface area contributed by atoms with Gasteiger partial charge < -0.3 is 4.42 Å². The zero-order valence-electron chi connectivity index (χ0n) is 25.5. The van der Waals surface area contributed by atoms with Gasteiger partial charge >= 0.3 is 0 Å². The van der Waals surface area contributed by atoms with Gasteiger partial charge in [0.05, 0.1) is 11.4 Å². The lowest BCUT2D eigenvalue weighted by atomic mass is 9.93. The number of rotatable bonds is 5. The third-order valence-electron chi connectivity index (χ3n) is 8.87. The Morgan fingerprint density at radius 3 is 1.79 bits per heavy atom. The lowest BCUT2D eigenvalue weighted by Gasteiger charge is -2.14. The fraction of sp³-hybridized carbons (Fsp3) is 0. The first-order valence-corrected chi connectivity index (χ1v) is 15.8. The normalized spacial score (nSPS) is 11.4. The van der Waals surface area contributed by atoms with Crippen molar-refractivity contribution in [3.8, 4) is 56.2 Å². The number of aromatic nitrogens is 2. The van der Waals surface area contributed by atoms with Gasteiger partial charge in [-0.1, -0.05) is 127 Å². The van der Waals surface area contributed by atoms with E-state index in [1.165, 1.54) is 5.39 Å². The highest BCUT2D eigenvalue weighted by molar-refractivity contribution is 6.06. The van der Waals surface area contributed by atoms with Crippen LogP contribution in [0.2, 0.25) is 0 Å². The molecule has 9 rings (SSSR count). The first-order chi connectivity index (χ1) is 23.3. The fourth-order valence-electron chi connectivity index (χ4n) is 6.54. The molecule has 0 saturated carbocycles. The average molecular weight is 601 g/mol. The second-order valence-electron chi connectivity index (χ2n) is 11.8. The molecule has 47 heavy (non-hydrogen) atoms. The van der Waals surface area contributed by atoms with Crippen LogP contribution in [-0.4, -0.2) is 9.97 Å². The number of para-hydroxylation sites is 1. The van der Waals surface area contributed by atoms with Gasteiger partial charge in [-0.25, -0.2) is 9.97 Å². The van der Waals surface area contributed by atoms with E-state index in [1.54, 1.807) is 0 Å². The maximum Gasteiger partial charge on any atom is 0.160 e. The minimum atomic E-state index is 0.698. The van der Waals surface area contributed by atoms with Crippen LogP contribution in [0.3, 0.4) is 0 Å². The molecule has 9 aromatic rings. The van der Waals surface area contributed by atoms with Crippen molar-refractivity contribution in [3.05, 3.63) is 170 Å². The SMILES string of the molecule is c1ccc(-c2cc(-c3ccc4oc5ccccc5c4c3)cc(-c3cc(-c4cccc5ccccc45)nc(-c4ccccc4)n3)c2)cc1. The Morgan fingerprint density at radius 2 is 0.957 bits per heavy atom. The molecule has 2 heterocycles. The van der Waals surface area contributed by atoms with Crippen LogP contribution >= 0.6 is 0 Å². The molecule has 0 N–H and O–H groups in total. The molecule has 0 spiro atoms. The second-order valence-corrected chi connectivity index (χ2v) is 11.8. The topological polar surface area (TPSA) is 38.9 Å². The highest BCUT2D eigenvalue weighted by Crippen LogP contribution is 2.38. The van der Waals surface area contributed by atoms with Crippen LogP contribution in [0.5, 0.6) is 0 Å². The zero-order valence-corrected chi connectivity index (χ0v) is 25.5. The minimum absolute atomic E-state index is 0.698. The fourth-order valence-corrected chi connectivity index (χ4v) is 6.54. The Labute approximate surface area is 272 Å². The molecule has 0 amide bonds. The van der Waals surface area contributed by atoms with Crippen LogP contribution < -0.4 is 0 Å². The Balaban J connectivity index is 1.28. The first kappa shape index (κ1) is 27.0. The van der Waals surface area contributed by atoms with Crippen LogP contribution in [0.15, 0.2) is 174 Å². The standard InChI is InChI=1S/C44H28N2O/c1-3-12-29(13-4-1)33-24-34(32-22-23-43-39(27-32)38-19-9-10-21-42(38)47-43)26-35(25-33)40-28-41(46-44(45-40)31-15-5-2-6-16-31)37-20-11-17-30-14-7-8-18-36(30)37/h1-28H. The summed E-state index contributed by atoms with van der Waals surface area (Å²) in [5, 5.41) is 4.57. The number of benzene rings is 7. The molecule has 0 aliphatic carbocycles. The van der Waals surface area contributed by atoms with E-state index in [2.05, 4.69) is 140 Å². The molecular weight excluding hydrogens is 572 g/mol. The molecule has 0 unspecified atom stereocenters. The van der Waals surface area contributed by atoms with Crippen LogP contribution in [0.1, 0.15) is 0 Å². The summed E-state index contributed by atoms with van der Waals surface area (Å²) in [4.78, 5) is 10.4. The van der Waals surface area contributed by atoms with E-state index >= 15 is 0 Å². The predicted molar refractivity (Wildman–Crippen MR) is 194 cm³/mol. The number of hydrogen-bond donors (Lipinski definition) is 0. The number of nitrogens with zero attached hydrogens (tertiary/aromatic N) is 2. The predicted octanol–water partition coefficient (Wildman–Crippen LogP) is 11.9. The van der Waals surface area contributed by atoms with E-state index in [9.17, 15) is 0 Å². The van der Waals surface area contributed by atoms with Crippen LogP contribution in [0.4, 0.5) is 0 Å². The van der Waals surface area contributed by atoms with Crippen LogP contribution in [0, 0.1) is 0 Å². The molecule has 0 fully saturated rings. The average Bonchev–Trinajstić information content (AvgIpc) is 3.53. The summed E-state index contributed by atoms with van der Waals surface area (Å²) in [6.07, 6.45) is 0. The van der Waals surface area contributed by atoms with Crippen molar-refractivity contribution >= 4 is 32.7 Å². The van der Waals surface area contributed by atoms with Crippen molar-refractivity contribution in [2.75, 3.05) is 0 Å². The molecule has 0 saturated heterocycles. The van der Waals surface area contributed by atoms with Gasteiger partial charge in [0, 0.05) is 27.5 Å². The summed E-state index contributed by atoms with van der Waals surface area (Å²) in [6, 6.07) is 59.2. The number of fused-ring (bicyclic) bond motifs is 4. The van der Waals surface area contributed by atoms with Gasteiger partial charge in [0.15, 0.2) is 5.82 Å². The van der Waals surface area contributed by atoms with E-state index in [0.29, 0.717) is 5.82 Å².